The monoisotopic (exact) mass is 376 g/mol. The second-order valence-corrected chi connectivity index (χ2v) is 6.29. The van der Waals surface area contributed by atoms with E-state index in [-0.39, 0.29) is 17.4 Å². The van der Waals surface area contributed by atoms with Crippen LogP contribution in [-0.2, 0) is 6.61 Å². The van der Waals surface area contributed by atoms with Crippen molar-refractivity contribution in [3.05, 3.63) is 95.0 Å². The first kappa shape index (κ1) is 17.8. The van der Waals surface area contributed by atoms with Gasteiger partial charge in [0.1, 0.15) is 29.7 Å². The average Bonchev–Trinajstić information content (AvgIpc) is 3.03. The van der Waals surface area contributed by atoms with E-state index in [1.165, 1.54) is 12.1 Å². The molecule has 0 aliphatic carbocycles. The smallest absolute Gasteiger partial charge is 0.231 e. The highest BCUT2D eigenvalue weighted by atomic mass is 19.1. The van der Waals surface area contributed by atoms with E-state index in [0.717, 1.165) is 11.3 Å². The topological polar surface area (TPSA) is 44.8 Å². The van der Waals surface area contributed by atoms with Gasteiger partial charge >= 0.3 is 0 Å². The fourth-order valence-corrected chi connectivity index (χ4v) is 2.86. The summed E-state index contributed by atoms with van der Waals surface area (Å²) < 4.78 is 29.7. The number of halogens is 1. The molecule has 1 heterocycles. The van der Waals surface area contributed by atoms with Crippen LogP contribution in [0.5, 0.6) is 17.2 Å². The lowest BCUT2D eigenvalue weighted by Gasteiger charge is -2.08. The molecule has 140 valence electrons. The van der Waals surface area contributed by atoms with Gasteiger partial charge in [0, 0.05) is 6.07 Å². The quantitative estimate of drug-likeness (QED) is 0.586. The van der Waals surface area contributed by atoms with E-state index in [9.17, 15) is 9.18 Å². The number of methoxy groups -OCH3 is 1. The van der Waals surface area contributed by atoms with Crippen LogP contribution in [0.4, 0.5) is 4.39 Å². The van der Waals surface area contributed by atoms with E-state index in [1.54, 1.807) is 43.5 Å². The zero-order valence-corrected chi connectivity index (χ0v) is 15.1. The van der Waals surface area contributed by atoms with Crippen LogP contribution in [0.2, 0.25) is 0 Å². The highest BCUT2D eigenvalue weighted by molar-refractivity contribution is 6.14. The zero-order valence-electron chi connectivity index (χ0n) is 15.1. The number of rotatable bonds is 5. The van der Waals surface area contributed by atoms with Crippen molar-refractivity contribution < 1.29 is 23.4 Å². The number of benzene rings is 3. The van der Waals surface area contributed by atoms with Gasteiger partial charge in [0.15, 0.2) is 5.76 Å². The minimum Gasteiger partial charge on any atom is -0.497 e. The van der Waals surface area contributed by atoms with Crippen LogP contribution in [-0.4, -0.2) is 12.9 Å². The standard InChI is InChI=1S/C23H17FO4/c1-26-18-8-4-16(5-9-18)14-27-19-10-11-20-21(13-19)28-22(23(20)25)12-15-2-6-17(24)7-3-15/h2-13H,14H2,1H3/b22-12-. The third-order valence-corrected chi connectivity index (χ3v) is 4.37. The maximum absolute atomic E-state index is 13.0. The van der Waals surface area contributed by atoms with Gasteiger partial charge in [-0.1, -0.05) is 24.3 Å². The number of carbonyl (C=O) groups excluding carboxylic acids is 1. The summed E-state index contributed by atoms with van der Waals surface area (Å²) in [6, 6.07) is 18.6. The predicted molar refractivity (Wildman–Crippen MR) is 103 cm³/mol. The Balaban J connectivity index is 1.47. The first-order valence-electron chi connectivity index (χ1n) is 8.72. The summed E-state index contributed by atoms with van der Waals surface area (Å²) in [7, 11) is 1.62. The number of hydrogen-bond donors (Lipinski definition) is 0. The molecule has 0 radical (unpaired) electrons. The Morgan fingerprint density at radius 2 is 1.68 bits per heavy atom. The van der Waals surface area contributed by atoms with Crippen molar-refractivity contribution in [1.29, 1.82) is 0 Å². The van der Waals surface area contributed by atoms with Crippen molar-refractivity contribution >= 4 is 11.9 Å². The Labute approximate surface area is 161 Å². The lowest BCUT2D eigenvalue weighted by atomic mass is 10.1. The molecular formula is C23H17FO4. The van der Waals surface area contributed by atoms with Gasteiger partial charge in [-0.15, -0.1) is 0 Å². The average molecular weight is 376 g/mol. The molecule has 0 saturated heterocycles. The van der Waals surface area contributed by atoms with Crippen molar-refractivity contribution in [2.75, 3.05) is 7.11 Å². The molecule has 0 unspecified atom stereocenters. The summed E-state index contributed by atoms with van der Waals surface area (Å²) in [6.07, 6.45) is 1.60. The fourth-order valence-electron chi connectivity index (χ4n) is 2.86. The van der Waals surface area contributed by atoms with Gasteiger partial charge in [0.25, 0.3) is 0 Å². The number of fused-ring (bicyclic) bond motifs is 1. The lowest BCUT2D eigenvalue weighted by molar-refractivity contribution is 0.101. The van der Waals surface area contributed by atoms with Crippen molar-refractivity contribution in [2.24, 2.45) is 0 Å². The zero-order chi connectivity index (χ0) is 19.5. The summed E-state index contributed by atoms with van der Waals surface area (Å²) in [5.74, 6) is 1.50. The first-order chi connectivity index (χ1) is 13.6. The molecular weight excluding hydrogens is 359 g/mol. The Kier molecular flexibility index (Phi) is 4.81. The first-order valence-corrected chi connectivity index (χ1v) is 8.72. The van der Waals surface area contributed by atoms with E-state index in [0.29, 0.717) is 29.2 Å². The molecule has 1 aliphatic rings. The number of allylic oxidation sites excluding steroid dienone is 1. The molecule has 0 N–H and O–H groups in total. The van der Waals surface area contributed by atoms with Crippen molar-refractivity contribution in [3.8, 4) is 17.2 Å². The van der Waals surface area contributed by atoms with Crippen molar-refractivity contribution in [3.63, 3.8) is 0 Å². The SMILES string of the molecule is COc1ccc(COc2ccc3c(c2)O/C(=C\c2ccc(F)cc2)C3=O)cc1. The van der Waals surface area contributed by atoms with E-state index in [4.69, 9.17) is 14.2 Å². The largest absolute Gasteiger partial charge is 0.497 e. The lowest BCUT2D eigenvalue weighted by Crippen LogP contribution is -1.98. The third-order valence-electron chi connectivity index (χ3n) is 4.37. The van der Waals surface area contributed by atoms with Gasteiger partial charge in [-0.05, 0) is 53.6 Å². The van der Waals surface area contributed by atoms with Gasteiger partial charge < -0.3 is 14.2 Å². The third kappa shape index (κ3) is 3.74. The number of ether oxygens (including phenoxy) is 3. The summed E-state index contributed by atoms with van der Waals surface area (Å²) >= 11 is 0. The van der Waals surface area contributed by atoms with Gasteiger partial charge in [0.2, 0.25) is 5.78 Å². The summed E-state index contributed by atoms with van der Waals surface area (Å²) in [4.78, 5) is 12.5. The molecule has 3 aromatic carbocycles. The molecule has 4 nitrogen and oxygen atoms in total. The van der Waals surface area contributed by atoms with Crippen LogP contribution in [0.3, 0.4) is 0 Å². The Morgan fingerprint density at radius 1 is 0.964 bits per heavy atom. The van der Waals surface area contributed by atoms with Crippen LogP contribution in [0.25, 0.3) is 6.08 Å². The molecule has 0 atom stereocenters. The number of Topliss-reactive ketones (excluding diaryl/α,β-unsaturated/α-hetero) is 1. The summed E-state index contributed by atoms with van der Waals surface area (Å²) in [5.41, 5.74) is 2.16. The molecule has 1 aliphatic heterocycles. The van der Waals surface area contributed by atoms with Gasteiger partial charge in [-0.2, -0.15) is 0 Å². The van der Waals surface area contributed by atoms with Crippen molar-refractivity contribution in [2.45, 2.75) is 6.61 Å². The van der Waals surface area contributed by atoms with Crippen LogP contribution in [0, 0.1) is 5.82 Å². The molecule has 4 rings (SSSR count). The van der Waals surface area contributed by atoms with E-state index in [2.05, 4.69) is 0 Å². The second kappa shape index (κ2) is 7.56. The molecule has 0 fully saturated rings. The predicted octanol–water partition coefficient (Wildman–Crippen LogP) is 5.03. The highest BCUT2D eigenvalue weighted by Crippen LogP contribution is 2.35. The number of hydrogen-bond acceptors (Lipinski definition) is 4. The Hall–Kier alpha value is -3.60. The van der Waals surface area contributed by atoms with E-state index in [1.807, 2.05) is 24.3 Å². The molecule has 28 heavy (non-hydrogen) atoms. The minimum absolute atomic E-state index is 0.203. The summed E-state index contributed by atoms with van der Waals surface area (Å²) in [5, 5.41) is 0. The fraction of sp³-hybridized carbons (Fsp3) is 0.0870. The van der Waals surface area contributed by atoms with Crippen molar-refractivity contribution in [1.82, 2.24) is 0 Å². The summed E-state index contributed by atoms with van der Waals surface area (Å²) in [6.45, 7) is 0.384. The van der Waals surface area contributed by atoms with Crippen LogP contribution in [0.1, 0.15) is 21.5 Å². The molecule has 5 heteroatoms. The highest BCUT2D eigenvalue weighted by Gasteiger charge is 2.27. The van der Waals surface area contributed by atoms with Gasteiger partial charge in [0.05, 0.1) is 12.7 Å². The molecule has 3 aromatic rings. The van der Waals surface area contributed by atoms with Crippen LogP contribution in [0.15, 0.2) is 72.5 Å². The number of ketones is 1. The maximum Gasteiger partial charge on any atom is 0.231 e. The minimum atomic E-state index is -0.331. The Morgan fingerprint density at radius 3 is 2.39 bits per heavy atom. The molecule has 0 amide bonds. The van der Waals surface area contributed by atoms with E-state index >= 15 is 0 Å². The van der Waals surface area contributed by atoms with Gasteiger partial charge in [-0.3, -0.25) is 4.79 Å². The molecule has 0 saturated carbocycles. The van der Waals surface area contributed by atoms with Crippen LogP contribution < -0.4 is 14.2 Å². The molecule has 0 aromatic heterocycles. The number of carbonyl (C=O) groups is 1. The molecule has 0 spiro atoms. The molecule has 0 bridgehead atoms. The Bertz CT molecular complexity index is 1040. The van der Waals surface area contributed by atoms with Gasteiger partial charge in [-0.25, -0.2) is 4.39 Å². The normalized spacial score (nSPS) is 13.9. The maximum atomic E-state index is 13.0. The second-order valence-electron chi connectivity index (χ2n) is 6.29. The van der Waals surface area contributed by atoms with Crippen LogP contribution >= 0.6 is 0 Å². The van der Waals surface area contributed by atoms with E-state index < -0.39 is 0 Å².